The fourth-order valence-corrected chi connectivity index (χ4v) is 1.71. The Morgan fingerprint density at radius 3 is 2.67 bits per heavy atom. The summed E-state index contributed by atoms with van der Waals surface area (Å²) in [4.78, 5) is 10.5. The molecular weight excluding hydrogens is 228 g/mol. The zero-order valence-electron chi connectivity index (χ0n) is 10.1. The zero-order chi connectivity index (χ0) is 13.0. The monoisotopic (exact) mass is 242 g/mol. The predicted molar refractivity (Wildman–Crippen MR) is 70.8 cm³/mol. The molecule has 0 atom stereocenters. The van der Waals surface area contributed by atoms with Crippen molar-refractivity contribution in [3.63, 3.8) is 0 Å². The molecule has 0 bridgehead atoms. The Hall–Kier alpha value is -2.29. The van der Waals surface area contributed by atoms with Crippen molar-refractivity contribution in [3.05, 3.63) is 54.1 Å². The zero-order valence-corrected chi connectivity index (χ0v) is 10.1. The molecule has 0 aliphatic rings. The fourth-order valence-electron chi connectivity index (χ4n) is 1.71. The quantitative estimate of drug-likeness (QED) is 0.837. The minimum absolute atomic E-state index is 0.282. The second kappa shape index (κ2) is 5.36. The molecule has 3 nitrogen and oxygen atoms in total. The van der Waals surface area contributed by atoms with E-state index in [2.05, 4.69) is 0 Å². The first kappa shape index (κ1) is 12.2. The van der Waals surface area contributed by atoms with Crippen LogP contribution in [0, 0.1) is 0 Å². The molecule has 2 rings (SSSR count). The van der Waals surface area contributed by atoms with Gasteiger partial charge in [0.05, 0.1) is 0 Å². The maximum absolute atomic E-state index is 10.5. The number of ether oxygens (including phenoxy) is 1. The number of rotatable bonds is 4. The molecule has 3 heteroatoms. The first-order valence-corrected chi connectivity index (χ1v) is 5.67. The van der Waals surface area contributed by atoms with Crippen LogP contribution in [0.15, 0.2) is 54.1 Å². The van der Waals surface area contributed by atoms with E-state index in [0.717, 1.165) is 22.6 Å². The van der Waals surface area contributed by atoms with E-state index in [-0.39, 0.29) is 6.61 Å². The van der Waals surface area contributed by atoms with Gasteiger partial charge >= 0.3 is 5.97 Å². The molecule has 0 spiro atoms. The summed E-state index contributed by atoms with van der Waals surface area (Å²) < 4.78 is 5.55. The van der Waals surface area contributed by atoms with E-state index < -0.39 is 5.97 Å². The Morgan fingerprint density at radius 2 is 1.94 bits per heavy atom. The molecule has 18 heavy (non-hydrogen) atoms. The summed E-state index contributed by atoms with van der Waals surface area (Å²) in [5.74, 6) is -0.207. The summed E-state index contributed by atoms with van der Waals surface area (Å²) in [6, 6.07) is 13.8. The highest BCUT2D eigenvalue weighted by molar-refractivity contribution is 5.83. The molecule has 0 unspecified atom stereocenters. The third-order valence-corrected chi connectivity index (χ3v) is 2.56. The molecule has 0 aromatic heterocycles. The normalized spacial score (nSPS) is 11.5. The minimum atomic E-state index is -0.949. The molecule has 0 amide bonds. The van der Waals surface area contributed by atoms with Gasteiger partial charge in [0.25, 0.3) is 0 Å². The van der Waals surface area contributed by atoms with Crippen molar-refractivity contribution in [3.8, 4) is 5.75 Å². The maximum atomic E-state index is 10.5. The highest BCUT2D eigenvalue weighted by Gasteiger charge is 1.99. The van der Waals surface area contributed by atoms with Gasteiger partial charge in [0.15, 0.2) is 0 Å². The van der Waals surface area contributed by atoms with Crippen LogP contribution >= 0.6 is 0 Å². The van der Waals surface area contributed by atoms with Gasteiger partial charge in [-0.15, -0.1) is 0 Å². The summed E-state index contributed by atoms with van der Waals surface area (Å²) >= 11 is 0. The molecular formula is C15H14O3. The van der Waals surface area contributed by atoms with Gasteiger partial charge < -0.3 is 9.84 Å². The van der Waals surface area contributed by atoms with E-state index in [1.165, 1.54) is 0 Å². The van der Waals surface area contributed by atoms with Crippen molar-refractivity contribution in [2.24, 2.45) is 0 Å². The van der Waals surface area contributed by atoms with Crippen molar-refractivity contribution in [1.29, 1.82) is 0 Å². The highest BCUT2D eigenvalue weighted by atomic mass is 16.5. The molecule has 0 saturated carbocycles. The van der Waals surface area contributed by atoms with Gasteiger partial charge in [-0.3, -0.25) is 0 Å². The smallest absolute Gasteiger partial charge is 0.328 e. The lowest BCUT2D eigenvalue weighted by atomic mass is 10.1. The molecule has 0 radical (unpaired) electrons. The average Bonchev–Trinajstić information content (AvgIpc) is 2.35. The largest absolute Gasteiger partial charge is 0.489 e. The van der Waals surface area contributed by atoms with Gasteiger partial charge in [0, 0.05) is 6.08 Å². The highest BCUT2D eigenvalue weighted by Crippen LogP contribution is 2.20. The second-order valence-electron chi connectivity index (χ2n) is 4.13. The molecule has 2 aromatic carbocycles. The van der Waals surface area contributed by atoms with E-state index >= 15 is 0 Å². The summed E-state index contributed by atoms with van der Waals surface area (Å²) in [5.41, 5.74) is 0.677. The van der Waals surface area contributed by atoms with Gasteiger partial charge in [0.1, 0.15) is 12.4 Å². The maximum Gasteiger partial charge on any atom is 0.328 e. The summed E-state index contributed by atoms with van der Waals surface area (Å²) in [6.45, 7) is 2.01. The average molecular weight is 242 g/mol. The summed E-state index contributed by atoms with van der Waals surface area (Å²) in [5, 5.41) is 10.9. The topological polar surface area (TPSA) is 46.5 Å². The Balaban J connectivity index is 2.10. The molecule has 0 saturated heterocycles. The molecule has 2 aromatic rings. The van der Waals surface area contributed by atoms with E-state index in [0.29, 0.717) is 5.57 Å². The molecule has 0 heterocycles. The van der Waals surface area contributed by atoms with Crippen LogP contribution in [0.4, 0.5) is 0 Å². The molecule has 92 valence electrons. The van der Waals surface area contributed by atoms with Crippen LogP contribution in [0.5, 0.6) is 5.75 Å². The third kappa shape index (κ3) is 3.10. The van der Waals surface area contributed by atoms with E-state index in [1.54, 1.807) is 6.92 Å². The number of fused-ring (bicyclic) bond motifs is 1. The summed E-state index contributed by atoms with van der Waals surface area (Å²) in [7, 11) is 0. The molecule has 1 N–H and O–H groups in total. The van der Waals surface area contributed by atoms with Crippen LogP contribution in [0.25, 0.3) is 10.8 Å². The Kier molecular flexibility index (Phi) is 3.63. The third-order valence-electron chi connectivity index (χ3n) is 2.56. The van der Waals surface area contributed by atoms with Gasteiger partial charge in [0.2, 0.25) is 0 Å². The van der Waals surface area contributed by atoms with Gasteiger partial charge in [-0.05, 0) is 35.4 Å². The van der Waals surface area contributed by atoms with Crippen LogP contribution in [0.1, 0.15) is 6.92 Å². The molecule has 0 aliphatic heterocycles. The standard InChI is InChI=1S/C15H14O3/c1-11(8-15(16)17)10-18-14-7-6-12-4-2-3-5-13(12)9-14/h2-9H,10H2,1H3,(H,16,17)/b11-8+. The lowest BCUT2D eigenvalue weighted by molar-refractivity contribution is -0.131. The van der Waals surface area contributed by atoms with Crippen molar-refractivity contribution < 1.29 is 14.6 Å². The number of carbonyl (C=O) groups is 1. The number of benzene rings is 2. The Bertz CT molecular complexity index is 599. The van der Waals surface area contributed by atoms with Crippen LogP contribution in [0.3, 0.4) is 0 Å². The number of carboxylic acid groups (broad SMARTS) is 1. The lowest BCUT2D eigenvalue weighted by Gasteiger charge is -2.07. The lowest BCUT2D eigenvalue weighted by Crippen LogP contribution is -2.01. The van der Waals surface area contributed by atoms with Crippen molar-refractivity contribution >= 4 is 16.7 Å². The van der Waals surface area contributed by atoms with E-state index in [1.807, 2.05) is 42.5 Å². The van der Waals surface area contributed by atoms with Crippen LogP contribution in [-0.2, 0) is 4.79 Å². The minimum Gasteiger partial charge on any atom is -0.489 e. The van der Waals surface area contributed by atoms with Crippen LogP contribution < -0.4 is 4.74 Å². The van der Waals surface area contributed by atoms with Crippen molar-refractivity contribution in [2.75, 3.05) is 6.61 Å². The molecule has 0 aliphatic carbocycles. The fraction of sp³-hybridized carbons (Fsp3) is 0.133. The molecule has 0 fully saturated rings. The van der Waals surface area contributed by atoms with Crippen molar-refractivity contribution in [2.45, 2.75) is 6.92 Å². The number of aliphatic carboxylic acids is 1. The van der Waals surface area contributed by atoms with Crippen LogP contribution in [0.2, 0.25) is 0 Å². The van der Waals surface area contributed by atoms with Gasteiger partial charge in [-0.25, -0.2) is 4.79 Å². The van der Waals surface area contributed by atoms with Crippen LogP contribution in [-0.4, -0.2) is 17.7 Å². The Morgan fingerprint density at radius 1 is 1.22 bits per heavy atom. The van der Waals surface area contributed by atoms with E-state index in [4.69, 9.17) is 9.84 Å². The number of hydrogen-bond acceptors (Lipinski definition) is 2. The second-order valence-corrected chi connectivity index (χ2v) is 4.13. The van der Waals surface area contributed by atoms with E-state index in [9.17, 15) is 4.79 Å². The van der Waals surface area contributed by atoms with Gasteiger partial charge in [-0.2, -0.15) is 0 Å². The SMILES string of the molecule is C/C(=C\C(=O)O)COc1ccc2ccccc2c1. The Labute approximate surface area is 105 Å². The first-order chi connectivity index (χ1) is 8.65. The number of hydrogen-bond donors (Lipinski definition) is 1. The first-order valence-electron chi connectivity index (χ1n) is 5.67. The predicted octanol–water partition coefficient (Wildman–Crippen LogP) is 3.25. The van der Waals surface area contributed by atoms with Gasteiger partial charge in [-0.1, -0.05) is 30.3 Å². The summed E-state index contributed by atoms with van der Waals surface area (Å²) in [6.07, 6.45) is 1.15. The number of carboxylic acids is 1. The van der Waals surface area contributed by atoms with Crippen molar-refractivity contribution in [1.82, 2.24) is 0 Å².